The van der Waals surface area contributed by atoms with Crippen molar-refractivity contribution in [3.8, 4) is 0 Å². The molecule has 232 valence electrons. The minimum Gasteiger partial charge on any atom is -0.390 e. The molecule has 0 heterocycles. The SMILES string of the molecule is O=P(OCc1ccccc1)(OCc1ccccc1)O[C@@H]1C[C@H](O)[C@H](O)[C@@H](OCc2ccccc2)C[C@H]1OCc1ccccc1. The summed E-state index contributed by atoms with van der Waals surface area (Å²) in [6.07, 6.45) is -4.76. The molecule has 1 saturated carbocycles. The minimum atomic E-state index is -4.21. The van der Waals surface area contributed by atoms with Crippen LogP contribution in [0.4, 0.5) is 0 Å². The number of aliphatic hydroxyl groups is 2. The molecule has 44 heavy (non-hydrogen) atoms. The van der Waals surface area contributed by atoms with Gasteiger partial charge in [-0.05, 0) is 22.3 Å². The van der Waals surface area contributed by atoms with Crippen LogP contribution in [-0.2, 0) is 54.0 Å². The Morgan fingerprint density at radius 3 is 1.34 bits per heavy atom. The van der Waals surface area contributed by atoms with E-state index in [1.165, 1.54) is 0 Å². The fraction of sp³-hybridized carbons (Fsp3) is 0.314. The quantitative estimate of drug-likeness (QED) is 0.120. The van der Waals surface area contributed by atoms with Gasteiger partial charge < -0.3 is 19.7 Å². The number of phosphoric ester groups is 1. The first-order valence-electron chi connectivity index (χ1n) is 14.8. The van der Waals surface area contributed by atoms with Gasteiger partial charge in [0.2, 0.25) is 0 Å². The fourth-order valence-electron chi connectivity index (χ4n) is 5.02. The van der Waals surface area contributed by atoms with Gasteiger partial charge in [-0.2, -0.15) is 0 Å². The lowest BCUT2D eigenvalue weighted by Gasteiger charge is -2.30. The molecular formula is C35H39O8P. The molecule has 8 nitrogen and oxygen atoms in total. The van der Waals surface area contributed by atoms with Gasteiger partial charge in [0.15, 0.2) is 0 Å². The predicted octanol–water partition coefficient (Wildman–Crippen LogP) is 6.60. The van der Waals surface area contributed by atoms with Crippen LogP contribution in [0.25, 0.3) is 0 Å². The smallest absolute Gasteiger partial charge is 0.390 e. The summed E-state index contributed by atoms with van der Waals surface area (Å²) < 4.78 is 44.6. The van der Waals surface area contributed by atoms with Gasteiger partial charge >= 0.3 is 7.82 Å². The lowest BCUT2D eigenvalue weighted by atomic mass is 10.1. The summed E-state index contributed by atoms with van der Waals surface area (Å²) in [4.78, 5) is 0. The Bertz CT molecular complexity index is 1380. The van der Waals surface area contributed by atoms with Crippen LogP contribution in [0.15, 0.2) is 121 Å². The Balaban J connectivity index is 1.37. The first-order valence-corrected chi connectivity index (χ1v) is 16.3. The zero-order chi connectivity index (χ0) is 30.6. The van der Waals surface area contributed by atoms with Crippen molar-refractivity contribution in [3.05, 3.63) is 144 Å². The molecule has 0 amide bonds. The topological polar surface area (TPSA) is 104 Å². The van der Waals surface area contributed by atoms with Crippen LogP contribution in [0.5, 0.6) is 0 Å². The summed E-state index contributed by atoms with van der Waals surface area (Å²) in [5.74, 6) is 0. The molecule has 2 N–H and O–H groups in total. The Morgan fingerprint density at radius 2 is 0.909 bits per heavy atom. The molecule has 0 saturated heterocycles. The monoisotopic (exact) mass is 618 g/mol. The van der Waals surface area contributed by atoms with Gasteiger partial charge in [0.1, 0.15) is 6.10 Å². The second-order valence-electron chi connectivity index (χ2n) is 10.8. The molecule has 0 bridgehead atoms. The molecule has 1 aliphatic rings. The molecule has 1 fully saturated rings. The second-order valence-corrected chi connectivity index (χ2v) is 12.4. The maximum Gasteiger partial charge on any atom is 0.475 e. The van der Waals surface area contributed by atoms with E-state index >= 15 is 0 Å². The maximum absolute atomic E-state index is 14.2. The number of hydrogen-bond acceptors (Lipinski definition) is 8. The van der Waals surface area contributed by atoms with Crippen molar-refractivity contribution in [1.82, 2.24) is 0 Å². The molecule has 9 heteroatoms. The normalized spacial score (nSPS) is 22.4. The number of hydrogen-bond donors (Lipinski definition) is 2. The van der Waals surface area contributed by atoms with E-state index in [-0.39, 0.29) is 39.3 Å². The van der Waals surface area contributed by atoms with Gasteiger partial charge in [-0.3, -0.25) is 13.6 Å². The summed E-state index contributed by atoms with van der Waals surface area (Å²) in [6, 6.07) is 37.9. The average molecular weight is 619 g/mol. The van der Waals surface area contributed by atoms with Gasteiger partial charge in [-0.15, -0.1) is 0 Å². The van der Waals surface area contributed by atoms with Gasteiger partial charge in [0, 0.05) is 12.8 Å². The van der Waals surface area contributed by atoms with Crippen LogP contribution in [0.3, 0.4) is 0 Å². The van der Waals surface area contributed by atoms with Gasteiger partial charge in [0.25, 0.3) is 0 Å². The molecule has 5 rings (SSSR count). The van der Waals surface area contributed by atoms with E-state index in [1.54, 1.807) is 0 Å². The zero-order valence-electron chi connectivity index (χ0n) is 24.5. The van der Waals surface area contributed by atoms with E-state index in [4.69, 9.17) is 23.0 Å². The third kappa shape index (κ3) is 9.66. The average Bonchev–Trinajstić information content (AvgIpc) is 3.18. The minimum absolute atomic E-state index is 0.0108. The number of rotatable bonds is 14. The molecule has 1 aliphatic carbocycles. The van der Waals surface area contributed by atoms with Crippen LogP contribution in [-0.4, -0.2) is 40.7 Å². The Morgan fingerprint density at radius 1 is 0.523 bits per heavy atom. The standard InChI is InChI=1S/C35H39O8P/c36-31-21-33(43-44(38,41-25-29-17-9-3-10-18-29)42-26-30-19-11-4-12-20-30)32(39-23-27-13-5-1-6-14-27)22-34(35(31)37)40-24-28-15-7-2-8-16-28/h1-20,31-37H,21-26H2/t31-,32+,33+,34-,35-/m0/s1. The number of ether oxygens (including phenoxy) is 2. The molecule has 0 radical (unpaired) electrons. The maximum atomic E-state index is 14.2. The van der Waals surface area contributed by atoms with Crippen molar-refractivity contribution in [2.24, 2.45) is 0 Å². The van der Waals surface area contributed by atoms with E-state index in [0.29, 0.717) is 0 Å². The highest BCUT2D eigenvalue weighted by Gasteiger charge is 2.44. The summed E-state index contributed by atoms with van der Waals surface area (Å²) in [7, 11) is -4.21. The van der Waals surface area contributed by atoms with Crippen LogP contribution < -0.4 is 0 Å². The highest BCUT2D eigenvalue weighted by atomic mass is 31.2. The van der Waals surface area contributed by atoms with Crippen molar-refractivity contribution in [3.63, 3.8) is 0 Å². The molecule has 0 aliphatic heterocycles. The van der Waals surface area contributed by atoms with E-state index in [0.717, 1.165) is 22.3 Å². The van der Waals surface area contributed by atoms with Gasteiger partial charge in [-0.1, -0.05) is 121 Å². The van der Waals surface area contributed by atoms with E-state index in [1.807, 2.05) is 121 Å². The summed E-state index contributed by atoms with van der Waals surface area (Å²) in [5.41, 5.74) is 3.45. The third-order valence-electron chi connectivity index (χ3n) is 7.47. The van der Waals surface area contributed by atoms with E-state index in [2.05, 4.69) is 0 Å². The lowest BCUT2D eigenvalue weighted by Crippen LogP contribution is -2.38. The van der Waals surface area contributed by atoms with E-state index in [9.17, 15) is 14.8 Å². The van der Waals surface area contributed by atoms with Crippen molar-refractivity contribution in [1.29, 1.82) is 0 Å². The molecule has 4 aromatic rings. The number of benzene rings is 4. The third-order valence-corrected chi connectivity index (χ3v) is 8.89. The lowest BCUT2D eigenvalue weighted by molar-refractivity contribution is -0.103. The second kappa shape index (κ2) is 16.2. The highest BCUT2D eigenvalue weighted by Crippen LogP contribution is 2.53. The Kier molecular flexibility index (Phi) is 11.9. The number of phosphoric acid groups is 1. The summed E-state index contributed by atoms with van der Waals surface area (Å²) >= 11 is 0. The predicted molar refractivity (Wildman–Crippen MR) is 166 cm³/mol. The van der Waals surface area contributed by atoms with E-state index < -0.39 is 38.3 Å². The Labute approximate surface area is 258 Å². The highest BCUT2D eigenvalue weighted by molar-refractivity contribution is 7.48. The van der Waals surface area contributed by atoms with Crippen LogP contribution in [0.1, 0.15) is 35.1 Å². The van der Waals surface area contributed by atoms with Gasteiger partial charge in [-0.25, -0.2) is 4.57 Å². The summed E-state index contributed by atoms with van der Waals surface area (Å²) in [6.45, 7) is 0.459. The molecular weight excluding hydrogens is 579 g/mol. The zero-order valence-corrected chi connectivity index (χ0v) is 25.4. The van der Waals surface area contributed by atoms with Crippen molar-refractivity contribution < 1.29 is 37.8 Å². The fourth-order valence-corrected chi connectivity index (χ4v) is 6.39. The Hall–Kier alpha value is -3.17. The van der Waals surface area contributed by atoms with Crippen molar-refractivity contribution in [2.45, 2.75) is 69.8 Å². The molecule has 5 atom stereocenters. The molecule has 4 aromatic carbocycles. The molecule has 0 spiro atoms. The van der Waals surface area contributed by atoms with Crippen LogP contribution in [0.2, 0.25) is 0 Å². The van der Waals surface area contributed by atoms with Crippen LogP contribution >= 0.6 is 7.82 Å². The van der Waals surface area contributed by atoms with Crippen molar-refractivity contribution in [2.75, 3.05) is 0 Å². The molecule has 0 unspecified atom stereocenters. The van der Waals surface area contributed by atoms with Crippen molar-refractivity contribution >= 4 is 7.82 Å². The van der Waals surface area contributed by atoms with Crippen LogP contribution in [0, 0.1) is 0 Å². The molecule has 0 aromatic heterocycles. The first-order chi connectivity index (χ1) is 21.5. The first kappa shape index (κ1) is 32.2. The van der Waals surface area contributed by atoms with Gasteiger partial charge in [0.05, 0.1) is 50.8 Å². The summed E-state index contributed by atoms with van der Waals surface area (Å²) in [5, 5.41) is 22.2. The number of aliphatic hydroxyl groups excluding tert-OH is 2. The largest absolute Gasteiger partial charge is 0.475 e.